The summed E-state index contributed by atoms with van der Waals surface area (Å²) in [5, 5.41) is 12.8. The summed E-state index contributed by atoms with van der Waals surface area (Å²) in [7, 11) is 0. The highest BCUT2D eigenvalue weighted by Gasteiger charge is 2.41. The number of anilines is 2. The lowest BCUT2D eigenvalue weighted by Crippen LogP contribution is -2.45. The van der Waals surface area contributed by atoms with Gasteiger partial charge in [0.15, 0.2) is 0 Å². The van der Waals surface area contributed by atoms with Gasteiger partial charge in [-0.2, -0.15) is 0 Å². The van der Waals surface area contributed by atoms with Crippen molar-refractivity contribution in [3.05, 3.63) is 23.8 Å². The first kappa shape index (κ1) is 14.2. The van der Waals surface area contributed by atoms with Crippen LogP contribution in [0.2, 0.25) is 0 Å². The molecule has 0 radical (unpaired) electrons. The van der Waals surface area contributed by atoms with Crippen molar-refractivity contribution >= 4 is 17.3 Å². The Morgan fingerprint density at radius 1 is 1.38 bits per heavy atom. The summed E-state index contributed by atoms with van der Waals surface area (Å²) in [6, 6.07) is 6.10. The van der Waals surface area contributed by atoms with Crippen molar-refractivity contribution in [2.75, 3.05) is 17.2 Å². The van der Waals surface area contributed by atoms with E-state index in [1.54, 1.807) is 12.1 Å². The molecule has 1 aromatic carbocycles. The first-order valence-corrected chi connectivity index (χ1v) is 7.74. The molecule has 0 aliphatic carbocycles. The van der Waals surface area contributed by atoms with Crippen LogP contribution in [-0.2, 0) is 0 Å². The number of nitrogens with zero attached hydrogens (tertiary/aromatic N) is 1. The highest BCUT2D eigenvalue weighted by Crippen LogP contribution is 2.41. The molecule has 5 heteroatoms. The Labute approximate surface area is 125 Å². The minimum absolute atomic E-state index is 0.0574. The van der Waals surface area contributed by atoms with Crippen molar-refractivity contribution in [3.8, 4) is 0 Å². The van der Waals surface area contributed by atoms with Crippen LogP contribution in [0, 0.1) is 0 Å². The first-order valence-electron chi connectivity index (χ1n) is 7.74. The van der Waals surface area contributed by atoms with Crippen LogP contribution in [0.3, 0.4) is 0 Å². The second-order valence-corrected chi connectivity index (χ2v) is 6.05. The Balaban J connectivity index is 1.98. The van der Waals surface area contributed by atoms with Crippen molar-refractivity contribution in [1.82, 2.24) is 5.32 Å². The van der Waals surface area contributed by atoms with Crippen LogP contribution in [0.15, 0.2) is 18.2 Å². The topological polar surface area (TPSA) is 78.6 Å². The maximum absolute atomic E-state index is 12.3. The normalized spacial score (nSPS) is 27.7. The largest absolute Gasteiger partial charge is 0.399 e. The van der Waals surface area contributed by atoms with Gasteiger partial charge < -0.3 is 21.1 Å². The molecule has 2 aliphatic rings. The lowest BCUT2D eigenvalue weighted by atomic mass is 9.97. The van der Waals surface area contributed by atoms with Crippen LogP contribution in [0.4, 0.5) is 11.4 Å². The van der Waals surface area contributed by atoms with Gasteiger partial charge in [0.2, 0.25) is 0 Å². The monoisotopic (exact) mass is 289 g/mol. The van der Waals surface area contributed by atoms with E-state index in [-0.39, 0.29) is 12.0 Å². The molecule has 0 saturated carbocycles. The van der Waals surface area contributed by atoms with Crippen LogP contribution in [-0.4, -0.2) is 35.7 Å². The molecule has 2 unspecified atom stereocenters. The Kier molecular flexibility index (Phi) is 3.76. The van der Waals surface area contributed by atoms with Crippen LogP contribution in [0.25, 0.3) is 0 Å². The first-order chi connectivity index (χ1) is 10.1. The number of hydrogen-bond donors (Lipinski definition) is 3. The molecular formula is C16H23N3O2. The summed E-state index contributed by atoms with van der Waals surface area (Å²) in [6.45, 7) is 2.52. The van der Waals surface area contributed by atoms with Gasteiger partial charge in [0, 0.05) is 24.3 Å². The summed E-state index contributed by atoms with van der Waals surface area (Å²) in [5.74, 6) is -0.0574. The summed E-state index contributed by atoms with van der Waals surface area (Å²) >= 11 is 0. The van der Waals surface area contributed by atoms with Gasteiger partial charge >= 0.3 is 0 Å². The molecule has 2 bridgehead atoms. The number of aliphatic hydroxyl groups excluding tert-OH is 1. The molecule has 5 nitrogen and oxygen atoms in total. The minimum atomic E-state index is -0.215. The van der Waals surface area contributed by atoms with E-state index < -0.39 is 0 Å². The zero-order valence-corrected chi connectivity index (χ0v) is 12.4. The second-order valence-electron chi connectivity index (χ2n) is 6.05. The SMILES string of the molecule is CCNC(=O)c1ccc(N)cc1N1C2CCC1CC(O)C2. The number of piperidine rings is 1. The third-order valence-corrected chi connectivity index (χ3v) is 4.59. The predicted molar refractivity (Wildman–Crippen MR) is 83.4 cm³/mol. The van der Waals surface area contributed by atoms with E-state index in [0.29, 0.717) is 29.9 Å². The van der Waals surface area contributed by atoms with E-state index in [4.69, 9.17) is 5.73 Å². The van der Waals surface area contributed by atoms with Gasteiger partial charge in [-0.25, -0.2) is 0 Å². The number of amides is 1. The molecule has 2 heterocycles. The summed E-state index contributed by atoms with van der Waals surface area (Å²) in [5.41, 5.74) is 8.21. The van der Waals surface area contributed by atoms with Crippen molar-refractivity contribution in [3.63, 3.8) is 0 Å². The maximum atomic E-state index is 12.3. The molecule has 3 rings (SSSR count). The number of fused-ring (bicyclic) bond motifs is 2. The highest BCUT2D eigenvalue weighted by molar-refractivity contribution is 6.00. The molecular weight excluding hydrogens is 266 g/mol. The van der Waals surface area contributed by atoms with Gasteiger partial charge in [-0.15, -0.1) is 0 Å². The fourth-order valence-electron chi connectivity index (χ4n) is 3.75. The van der Waals surface area contributed by atoms with Gasteiger partial charge in [0.1, 0.15) is 0 Å². The molecule has 2 saturated heterocycles. The summed E-state index contributed by atoms with van der Waals surface area (Å²) in [6.07, 6.45) is 3.49. The lowest BCUT2D eigenvalue weighted by molar-refractivity contribution is 0.0955. The Morgan fingerprint density at radius 2 is 2.05 bits per heavy atom. The minimum Gasteiger partial charge on any atom is -0.399 e. The number of carbonyl (C=O) groups is 1. The molecule has 1 aromatic rings. The van der Waals surface area contributed by atoms with Crippen LogP contribution < -0.4 is 16.0 Å². The highest BCUT2D eigenvalue weighted by atomic mass is 16.3. The van der Waals surface area contributed by atoms with E-state index in [1.807, 2.05) is 13.0 Å². The van der Waals surface area contributed by atoms with Crippen LogP contribution >= 0.6 is 0 Å². The predicted octanol–water partition coefficient (Wildman–Crippen LogP) is 1.51. The van der Waals surface area contributed by atoms with Gasteiger partial charge in [0.25, 0.3) is 5.91 Å². The zero-order valence-electron chi connectivity index (χ0n) is 12.4. The van der Waals surface area contributed by atoms with E-state index >= 15 is 0 Å². The molecule has 1 amide bonds. The van der Waals surface area contributed by atoms with Crippen molar-refractivity contribution in [2.24, 2.45) is 0 Å². The van der Waals surface area contributed by atoms with E-state index in [1.165, 1.54) is 0 Å². The Bertz CT molecular complexity index is 532. The van der Waals surface area contributed by atoms with E-state index in [2.05, 4.69) is 10.2 Å². The standard InChI is InChI=1S/C16H23N3O2/c1-2-18-16(21)14-6-3-10(17)7-15(14)19-11-4-5-12(19)9-13(20)8-11/h3,6-7,11-13,20H,2,4-5,8-9,17H2,1H3,(H,18,21). The average Bonchev–Trinajstić information content (AvgIpc) is 2.71. The average molecular weight is 289 g/mol. The fourth-order valence-corrected chi connectivity index (χ4v) is 3.75. The van der Waals surface area contributed by atoms with Gasteiger partial charge in [-0.3, -0.25) is 4.79 Å². The van der Waals surface area contributed by atoms with E-state index in [0.717, 1.165) is 31.4 Å². The Hall–Kier alpha value is -1.75. The van der Waals surface area contributed by atoms with Gasteiger partial charge in [0.05, 0.1) is 17.4 Å². The fraction of sp³-hybridized carbons (Fsp3) is 0.562. The number of aliphatic hydroxyl groups is 1. The number of hydrogen-bond acceptors (Lipinski definition) is 4. The zero-order chi connectivity index (χ0) is 15.0. The molecule has 114 valence electrons. The number of benzene rings is 1. The van der Waals surface area contributed by atoms with E-state index in [9.17, 15) is 9.90 Å². The maximum Gasteiger partial charge on any atom is 0.253 e. The van der Waals surface area contributed by atoms with Crippen molar-refractivity contribution in [1.29, 1.82) is 0 Å². The molecule has 21 heavy (non-hydrogen) atoms. The molecule has 0 spiro atoms. The molecule has 0 aromatic heterocycles. The van der Waals surface area contributed by atoms with Crippen molar-refractivity contribution in [2.45, 2.75) is 50.8 Å². The quantitative estimate of drug-likeness (QED) is 0.737. The molecule has 4 N–H and O–H groups in total. The third kappa shape index (κ3) is 2.58. The number of nitrogen functional groups attached to an aromatic ring is 1. The molecule has 2 fully saturated rings. The lowest BCUT2D eigenvalue weighted by Gasteiger charge is -2.40. The smallest absolute Gasteiger partial charge is 0.253 e. The number of nitrogens with one attached hydrogen (secondary N) is 1. The number of rotatable bonds is 3. The molecule has 2 atom stereocenters. The van der Waals surface area contributed by atoms with Crippen LogP contribution in [0.5, 0.6) is 0 Å². The van der Waals surface area contributed by atoms with Gasteiger partial charge in [-0.05, 0) is 50.8 Å². The number of nitrogens with two attached hydrogens (primary N) is 1. The van der Waals surface area contributed by atoms with Crippen LogP contribution in [0.1, 0.15) is 43.0 Å². The summed E-state index contributed by atoms with van der Waals surface area (Å²) in [4.78, 5) is 14.6. The number of carbonyl (C=O) groups excluding carboxylic acids is 1. The summed E-state index contributed by atoms with van der Waals surface area (Å²) < 4.78 is 0. The Morgan fingerprint density at radius 3 is 2.67 bits per heavy atom. The third-order valence-electron chi connectivity index (χ3n) is 4.59. The van der Waals surface area contributed by atoms with Crippen molar-refractivity contribution < 1.29 is 9.90 Å². The second kappa shape index (κ2) is 5.56. The van der Waals surface area contributed by atoms with Gasteiger partial charge in [-0.1, -0.05) is 0 Å². The molecule has 2 aliphatic heterocycles.